The van der Waals surface area contributed by atoms with Crippen LogP contribution >= 0.6 is 0 Å². The number of nitrogens with one attached hydrogen (secondary N) is 1. The molecule has 1 N–H and O–H groups in total. The van der Waals surface area contributed by atoms with E-state index in [1.807, 2.05) is 0 Å². The van der Waals surface area contributed by atoms with Crippen LogP contribution in [0.5, 0.6) is 5.75 Å². The Morgan fingerprint density at radius 1 is 1.19 bits per heavy atom. The molecule has 1 aliphatic carbocycles. The maximum absolute atomic E-state index is 6.38. The summed E-state index contributed by atoms with van der Waals surface area (Å²) in [6.45, 7) is 2.19. The molecule has 0 saturated heterocycles. The largest absolute Gasteiger partial charge is 0.481 e. The first-order valence-electron chi connectivity index (χ1n) is 7.99. The molecule has 2 unspecified atom stereocenters. The van der Waals surface area contributed by atoms with Crippen molar-refractivity contribution in [2.45, 2.75) is 44.8 Å². The van der Waals surface area contributed by atoms with Gasteiger partial charge < -0.3 is 10.1 Å². The first-order valence-corrected chi connectivity index (χ1v) is 7.99. The summed E-state index contributed by atoms with van der Waals surface area (Å²) >= 11 is 0. The number of anilines is 1. The quantitative estimate of drug-likeness (QED) is 0.830. The van der Waals surface area contributed by atoms with E-state index in [1.54, 1.807) is 0 Å². The number of fused-ring (bicyclic) bond motifs is 4. The number of benzene rings is 2. The maximum atomic E-state index is 6.38. The van der Waals surface area contributed by atoms with Gasteiger partial charge >= 0.3 is 0 Å². The molecule has 4 rings (SSSR count). The van der Waals surface area contributed by atoms with Crippen molar-refractivity contribution in [3.05, 3.63) is 59.2 Å². The highest BCUT2D eigenvalue weighted by Crippen LogP contribution is 2.41. The predicted molar refractivity (Wildman–Crippen MR) is 86.0 cm³/mol. The third-order valence-corrected chi connectivity index (χ3v) is 4.74. The molecule has 2 aromatic carbocycles. The third-order valence-electron chi connectivity index (χ3n) is 4.74. The molecule has 0 bridgehead atoms. The predicted octanol–water partition coefficient (Wildman–Crippen LogP) is 4.50. The minimum Gasteiger partial charge on any atom is -0.481 e. The zero-order valence-corrected chi connectivity index (χ0v) is 12.4. The lowest BCUT2D eigenvalue weighted by Gasteiger charge is -2.35. The highest BCUT2D eigenvalue weighted by Gasteiger charge is 2.33. The van der Waals surface area contributed by atoms with E-state index < -0.39 is 0 Å². The van der Waals surface area contributed by atoms with E-state index in [4.69, 9.17) is 4.74 Å². The smallest absolute Gasteiger partial charge is 0.144 e. The Morgan fingerprint density at radius 3 is 3.00 bits per heavy atom. The second kappa shape index (κ2) is 5.10. The molecule has 2 nitrogen and oxygen atoms in total. The summed E-state index contributed by atoms with van der Waals surface area (Å²) in [7, 11) is 0. The normalized spacial score (nSPS) is 22.9. The monoisotopic (exact) mass is 279 g/mol. The summed E-state index contributed by atoms with van der Waals surface area (Å²) in [4.78, 5) is 0. The van der Waals surface area contributed by atoms with Gasteiger partial charge in [-0.05, 0) is 54.5 Å². The van der Waals surface area contributed by atoms with Gasteiger partial charge in [0.2, 0.25) is 0 Å². The lowest BCUT2D eigenvalue weighted by molar-refractivity contribution is 0.168. The van der Waals surface area contributed by atoms with Crippen molar-refractivity contribution in [2.24, 2.45) is 0 Å². The Labute approximate surface area is 126 Å². The van der Waals surface area contributed by atoms with Gasteiger partial charge in [0, 0.05) is 0 Å². The zero-order valence-electron chi connectivity index (χ0n) is 12.4. The van der Waals surface area contributed by atoms with Gasteiger partial charge in [0.05, 0.1) is 11.7 Å². The average Bonchev–Trinajstić information content (AvgIpc) is 2.71. The second-order valence-electron chi connectivity index (χ2n) is 6.06. The van der Waals surface area contributed by atoms with Crippen LogP contribution in [0.2, 0.25) is 0 Å². The molecule has 0 saturated carbocycles. The standard InChI is InChI=1S/C19H21NO/c1-2-13-10-11-18-17(12-13)20-16-9-5-7-14-6-3-4-8-15(14)19(16)21-18/h3-4,6,8,10-12,16,19-20H,2,5,7,9H2,1H3. The first-order chi connectivity index (χ1) is 10.3. The van der Waals surface area contributed by atoms with Gasteiger partial charge in [0.15, 0.2) is 0 Å². The van der Waals surface area contributed by atoms with E-state index in [0.29, 0.717) is 6.04 Å². The number of hydrogen-bond donors (Lipinski definition) is 1. The highest BCUT2D eigenvalue weighted by molar-refractivity contribution is 5.61. The van der Waals surface area contributed by atoms with Crippen LogP contribution in [0.3, 0.4) is 0 Å². The maximum Gasteiger partial charge on any atom is 0.144 e. The van der Waals surface area contributed by atoms with E-state index in [9.17, 15) is 0 Å². The number of ether oxygens (including phenoxy) is 1. The number of hydrogen-bond acceptors (Lipinski definition) is 2. The van der Waals surface area contributed by atoms with Gasteiger partial charge in [-0.1, -0.05) is 37.3 Å². The molecular weight excluding hydrogens is 258 g/mol. The molecular formula is C19H21NO. The fraction of sp³-hybridized carbons (Fsp3) is 0.368. The SMILES string of the molecule is CCc1ccc2c(c1)NC1CCCc3ccccc3C1O2. The van der Waals surface area contributed by atoms with Crippen molar-refractivity contribution in [3.63, 3.8) is 0 Å². The van der Waals surface area contributed by atoms with Gasteiger partial charge in [-0.15, -0.1) is 0 Å². The van der Waals surface area contributed by atoms with Crippen molar-refractivity contribution in [2.75, 3.05) is 5.32 Å². The van der Waals surface area contributed by atoms with E-state index in [2.05, 4.69) is 54.7 Å². The Bertz CT molecular complexity index is 664. The highest BCUT2D eigenvalue weighted by atomic mass is 16.5. The molecule has 108 valence electrons. The van der Waals surface area contributed by atoms with Gasteiger partial charge in [0.25, 0.3) is 0 Å². The average molecular weight is 279 g/mol. The lowest BCUT2D eigenvalue weighted by atomic mass is 9.96. The summed E-state index contributed by atoms with van der Waals surface area (Å²) in [5.74, 6) is 0.991. The molecule has 2 heteroatoms. The van der Waals surface area contributed by atoms with Gasteiger partial charge in [0.1, 0.15) is 11.9 Å². The third kappa shape index (κ3) is 2.19. The number of aryl methyl sites for hydroxylation is 2. The molecule has 0 spiro atoms. The lowest BCUT2D eigenvalue weighted by Crippen LogP contribution is -2.34. The van der Waals surface area contributed by atoms with E-state index in [0.717, 1.165) is 30.7 Å². The summed E-state index contributed by atoms with van der Waals surface area (Å²) in [6.07, 6.45) is 4.74. The zero-order chi connectivity index (χ0) is 14.2. The molecule has 2 aliphatic rings. The van der Waals surface area contributed by atoms with Crippen molar-refractivity contribution >= 4 is 5.69 Å². The summed E-state index contributed by atoms with van der Waals surface area (Å²) in [5, 5.41) is 3.73. The van der Waals surface area contributed by atoms with E-state index in [-0.39, 0.29) is 6.10 Å². The second-order valence-corrected chi connectivity index (χ2v) is 6.06. The van der Waals surface area contributed by atoms with Crippen LogP contribution in [0.4, 0.5) is 5.69 Å². The summed E-state index contributed by atoms with van der Waals surface area (Å²) in [6, 6.07) is 15.6. The van der Waals surface area contributed by atoms with E-state index in [1.165, 1.54) is 23.1 Å². The fourth-order valence-corrected chi connectivity index (χ4v) is 3.56. The van der Waals surface area contributed by atoms with Crippen LogP contribution in [0, 0.1) is 0 Å². The first kappa shape index (κ1) is 12.8. The Balaban J connectivity index is 1.75. The molecule has 0 radical (unpaired) electrons. The number of rotatable bonds is 1. The van der Waals surface area contributed by atoms with Crippen LogP contribution in [0.15, 0.2) is 42.5 Å². The topological polar surface area (TPSA) is 21.3 Å². The van der Waals surface area contributed by atoms with Crippen LogP contribution in [-0.2, 0) is 12.8 Å². The van der Waals surface area contributed by atoms with Crippen molar-refractivity contribution in [1.29, 1.82) is 0 Å². The molecule has 1 heterocycles. The Hall–Kier alpha value is -1.96. The molecule has 1 aliphatic heterocycles. The van der Waals surface area contributed by atoms with Crippen LogP contribution in [-0.4, -0.2) is 6.04 Å². The summed E-state index contributed by atoms with van der Waals surface area (Å²) < 4.78 is 6.38. The summed E-state index contributed by atoms with van der Waals surface area (Å²) in [5.41, 5.74) is 5.32. The van der Waals surface area contributed by atoms with E-state index >= 15 is 0 Å². The van der Waals surface area contributed by atoms with Gasteiger partial charge in [-0.2, -0.15) is 0 Å². The molecule has 0 aromatic heterocycles. The minimum absolute atomic E-state index is 0.142. The molecule has 2 atom stereocenters. The Morgan fingerprint density at radius 2 is 2.10 bits per heavy atom. The van der Waals surface area contributed by atoms with Crippen LogP contribution in [0.1, 0.15) is 42.6 Å². The van der Waals surface area contributed by atoms with Crippen molar-refractivity contribution in [1.82, 2.24) is 0 Å². The van der Waals surface area contributed by atoms with Gasteiger partial charge in [-0.25, -0.2) is 0 Å². The molecule has 0 fully saturated rings. The van der Waals surface area contributed by atoms with Gasteiger partial charge in [-0.3, -0.25) is 0 Å². The molecule has 21 heavy (non-hydrogen) atoms. The fourth-order valence-electron chi connectivity index (χ4n) is 3.56. The van der Waals surface area contributed by atoms with Crippen LogP contribution < -0.4 is 10.1 Å². The van der Waals surface area contributed by atoms with Crippen LogP contribution in [0.25, 0.3) is 0 Å². The van der Waals surface area contributed by atoms with Crippen molar-refractivity contribution < 1.29 is 4.74 Å². The Kier molecular flexibility index (Phi) is 3.10. The minimum atomic E-state index is 0.142. The molecule has 0 amide bonds. The van der Waals surface area contributed by atoms with Crippen molar-refractivity contribution in [3.8, 4) is 5.75 Å². The molecule has 2 aromatic rings.